The minimum Gasteiger partial charge on any atom is -0.494 e. The van der Waals surface area contributed by atoms with Crippen molar-refractivity contribution >= 4 is 99.1 Å². The molecule has 0 spiro atoms. The molecule has 69 heavy (non-hydrogen) atoms. The Balaban J connectivity index is 1.04. The Morgan fingerprint density at radius 1 is 0.681 bits per heavy atom. The molecule has 0 heterocycles. The summed E-state index contributed by atoms with van der Waals surface area (Å²) in [7, 11) is -11.7. The van der Waals surface area contributed by atoms with Crippen LogP contribution < -0.4 is 30.5 Å². The Morgan fingerprint density at radius 2 is 1.33 bits per heavy atom. The Hall–Kier alpha value is -7.28. The lowest BCUT2D eigenvalue weighted by atomic mass is 10.0. The summed E-state index contributed by atoms with van der Waals surface area (Å²) in [5.41, 5.74) is 4.58. The van der Waals surface area contributed by atoms with Gasteiger partial charge in [0.05, 0.1) is 70.2 Å². The molecule has 1 aliphatic rings. The highest BCUT2D eigenvalue weighted by molar-refractivity contribution is 7.86. The molecule has 358 valence electrons. The quantitative estimate of drug-likeness (QED) is 0.0344. The van der Waals surface area contributed by atoms with Gasteiger partial charge in [0.15, 0.2) is 0 Å². The normalized spacial score (nSPS) is 14.2. The molecule has 1 unspecified atom stereocenters. The summed E-state index contributed by atoms with van der Waals surface area (Å²) in [4.78, 5) is 13.0. The van der Waals surface area contributed by atoms with Crippen LogP contribution in [0.15, 0.2) is 138 Å². The van der Waals surface area contributed by atoms with Gasteiger partial charge in [0.25, 0.3) is 30.4 Å². The van der Waals surface area contributed by atoms with Gasteiger partial charge >= 0.3 is 6.03 Å². The van der Waals surface area contributed by atoms with Gasteiger partial charge in [0.2, 0.25) is 0 Å². The van der Waals surface area contributed by atoms with Crippen LogP contribution in [0.4, 0.5) is 44.6 Å². The third-order valence-corrected chi connectivity index (χ3v) is 13.0. The van der Waals surface area contributed by atoms with Gasteiger partial charge in [0, 0.05) is 17.4 Å². The van der Waals surface area contributed by atoms with Crippen LogP contribution in [0.1, 0.15) is 29.5 Å². The molecule has 1 atom stereocenters. The van der Waals surface area contributed by atoms with Gasteiger partial charge in [-0.2, -0.15) is 55.9 Å². The van der Waals surface area contributed by atoms with Crippen molar-refractivity contribution < 1.29 is 53.2 Å². The molecule has 7 rings (SSSR count). The molecule has 0 aromatic heterocycles. The summed E-state index contributed by atoms with van der Waals surface area (Å²) in [5, 5.41) is 33.8. The largest absolute Gasteiger partial charge is 0.494 e. The molecule has 1 aliphatic carbocycles. The predicted molar refractivity (Wildman–Crippen MR) is 259 cm³/mol. The molecule has 0 fully saturated rings. The zero-order valence-corrected chi connectivity index (χ0v) is 39.7. The highest BCUT2D eigenvalue weighted by Crippen LogP contribution is 2.36. The monoisotopic (exact) mass is 996 g/mol. The standard InChI is InChI=1S/C46H44N8O12S3/c1-27-18-30-6-8-35(24-39(30)45(19-27)69(62,63)64)52-53-36-14-15-40(43(25-36)65-4)47-46(55)48-42-21-29(3)41(26-44(42)66-16-5-17-67(56,57)58)54-50-33-12-10-32(11-13-33)49-51-34-9-7-31-22-37(68(59,60)61)20-28(2)38(31)23-34/h6-7,9-15,18-26,35H,5,8,16-17H2,1-4H3,(H2,47,48,55)(H,56,57,58)(H,59,60,61)(H,62,63,64). The molecule has 23 heteroatoms. The van der Waals surface area contributed by atoms with E-state index in [9.17, 15) is 43.7 Å². The number of urea groups is 1. The third-order valence-electron chi connectivity index (χ3n) is 10.5. The number of ether oxygens (including phenoxy) is 2. The van der Waals surface area contributed by atoms with Gasteiger partial charge in [-0.1, -0.05) is 18.2 Å². The number of benzene rings is 6. The van der Waals surface area contributed by atoms with Gasteiger partial charge in [-0.15, -0.1) is 0 Å². The van der Waals surface area contributed by atoms with Crippen LogP contribution in [0.25, 0.3) is 22.9 Å². The number of nitrogens with zero attached hydrogens (tertiary/aromatic N) is 6. The number of nitrogens with one attached hydrogen (secondary N) is 2. The summed E-state index contributed by atoms with van der Waals surface area (Å²) in [5.74, 6) is -0.192. The Kier molecular flexibility index (Phi) is 14.8. The highest BCUT2D eigenvalue weighted by atomic mass is 32.2. The zero-order valence-electron chi connectivity index (χ0n) is 37.2. The topological polar surface area (TPSA) is 297 Å². The first-order chi connectivity index (χ1) is 32.6. The highest BCUT2D eigenvalue weighted by Gasteiger charge is 2.19. The van der Waals surface area contributed by atoms with Gasteiger partial charge in [-0.25, -0.2) is 4.79 Å². The first-order valence-electron chi connectivity index (χ1n) is 20.8. The van der Waals surface area contributed by atoms with E-state index >= 15 is 0 Å². The van der Waals surface area contributed by atoms with Crippen molar-refractivity contribution in [3.8, 4) is 11.5 Å². The number of hydrogen-bond acceptors (Lipinski definition) is 15. The van der Waals surface area contributed by atoms with E-state index in [4.69, 9.17) is 9.47 Å². The number of aryl methyl sites for hydroxylation is 3. The second-order valence-corrected chi connectivity index (χ2v) is 20.1. The summed E-state index contributed by atoms with van der Waals surface area (Å²) in [6, 6.07) is 24.3. The maximum absolute atomic E-state index is 13.4. The van der Waals surface area contributed by atoms with E-state index in [0.29, 0.717) is 67.4 Å². The van der Waals surface area contributed by atoms with E-state index in [0.717, 1.165) is 5.39 Å². The molecular weight excluding hydrogens is 953 g/mol. The van der Waals surface area contributed by atoms with Crippen LogP contribution in [0.2, 0.25) is 0 Å². The minimum atomic E-state index is -4.49. The van der Waals surface area contributed by atoms with Gasteiger partial charge in [0.1, 0.15) is 16.4 Å². The van der Waals surface area contributed by atoms with Crippen molar-refractivity contribution in [1.29, 1.82) is 0 Å². The number of amides is 2. The van der Waals surface area contributed by atoms with Crippen LogP contribution in [-0.4, -0.2) is 70.5 Å². The fourth-order valence-corrected chi connectivity index (χ4v) is 9.03. The molecule has 0 radical (unpaired) electrons. The maximum atomic E-state index is 13.4. The third kappa shape index (κ3) is 13.0. The maximum Gasteiger partial charge on any atom is 0.323 e. The summed E-state index contributed by atoms with van der Waals surface area (Å²) in [6.07, 6.45) is 3.83. The number of methoxy groups -OCH3 is 1. The lowest BCUT2D eigenvalue weighted by molar-refractivity contribution is 0.261. The fraction of sp³-hybridized carbons (Fsp3) is 0.196. The minimum absolute atomic E-state index is 0.0617. The van der Waals surface area contributed by atoms with Crippen molar-refractivity contribution in [2.45, 2.75) is 49.4 Å². The average molecular weight is 997 g/mol. The van der Waals surface area contributed by atoms with Gasteiger partial charge < -0.3 is 20.1 Å². The summed E-state index contributed by atoms with van der Waals surface area (Å²) in [6.45, 7) is 5.05. The van der Waals surface area contributed by atoms with Crippen molar-refractivity contribution in [2.75, 3.05) is 30.1 Å². The number of rotatable bonds is 16. The molecule has 0 saturated heterocycles. The average Bonchev–Trinajstić information content (AvgIpc) is 3.28. The lowest BCUT2D eigenvalue weighted by Gasteiger charge is -2.16. The molecule has 2 amide bonds. The lowest BCUT2D eigenvalue weighted by Crippen LogP contribution is -2.35. The second kappa shape index (κ2) is 20.5. The van der Waals surface area contributed by atoms with E-state index in [2.05, 4.69) is 41.3 Å². The van der Waals surface area contributed by atoms with E-state index in [1.165, 1.54) is 31.4 Å². The number of fused-ring (bicyclic) bond motifs is 2. The Labute approximate surface area is 396 Å². The molecule has 0 saturated carbocycles. The van der Waals surface area contributed by atoms with Crippen molar-refractivity contribution in [1.82, 2.24) is 0 Å². The van der Waals surface area contributed by atoms with Crippen molar-refractivity contribution in [2.24, 2.45) is 30.7 Å². The molecular formula is C46H44N8O12S3. The van der Waals surface area contributed by atoms with Gasteiger partial charge in [-0.05, 0) is 145 Å². The zero-order chi connectivity index (χ0) is 49.7. The number of carbonyl (C=O) groups excluding carboxylic acids is 1. The smallest absolute Gasteiger partial charge is 0.323 e. The van der Waals surface area contributed by atoms with Crippen LogP contribution in [0.5, 0.6) is 11.5 Å². The van der Waals surface area contributed by atoms with Crippen LogP contribution in [-0.2, 0) is 30.4 Å². The molecule has 20 nitrogen and oxygen atoms in total. The summed E-state index contributed by atoms with van der Waals surface area (Å²) < 4.78 is 110. The first kappa shape index (κ1) is 49.6. The number of azo groups is 3. The first-order valence-corrected chi connectivity index (χ1v) is 25.3. The molecule has 5 N–H and O–H groups in total. The Morgan fingerprint density at radius 3 is 2.01 bits per heavy atom. The molecule has 6 aromatic carbocycles. The molecule has 0 bridgehead atoms. The van der Waals surface area contributed by atoms with E-state index in [-0.39, 0.29) is 45.7 Å². The van der Waals surface area contributed by atoms with Crippen LogP contribution in [0, 0.1) is 20.8 Å². The summed E-state index contributed by atoms with van der Waals surface area (Å²) >= 11 is 0. The molecule has 0 aliphatic heterocycles. The fourth-order valence-electron chi connectivity index (χ4n) is 7.15. The predicted octanol–water partition coefficient (Wildman–Crippen LogP) is 9.52. The van der Waals surface area contributed by atoms with Crippen molar-refractivity contribution in [3.63, 3.8) is 0 Å². The number of anilines is 2. The SMILES string of the molecule is COc1cc(N=NC2C=c3c(S(=O)(=O)O)cc(C)cc3=CC2)ccc1NC(=O)Nc1cc(C)c(N=Nc2ccc(N=Nc3ccc4cc(S(=O)(=O)O)cc(C)c4c3)cc2)cc1OCCCS(=O)(=O)O. The van der Waals surface area contributed by atoms with Crippen LogP contribution >= 0.6 is 0 Å². The van der Waals surface area contributed by atoms with E-state index in [1.807, 2.05) is 12.1 Å². The number of carbonyl (C=O) groups is 1. The second-order valence-electron chi connectivity index (χ2n) is 15.8. The molecule has 6 aromatic rings. The van der Waals surface area contributed by atoms with E-state index in [1.54, 1.807) is 93.6 Å². The van der Waals surface area contributed by atoms with Crippen LogP contribution in [0.3, 0.4) is 0 Å². The Bertz CT molecular complexity index is 3570. The number of hydrogen-bond donors (Lipinski definition) is 5. The van der Waals surface area contributed by atoms with E-state index < -0.39 is 48.2 Å². The van der Waals surface area contributed by atoms with Crippen molar-refractivity contribution in [3.05, 3.63) is 124 Å². The van der Waals surface area contributed by atoms with Gasteiger partial charge in [-0.3, -0.25) is 13.7 Å².